The van der Waals surface area contributed by atoms with Crippen LogP contribution in [0.2, 0.25) is 0 Å². The van der Waals surface area contributed by atoms with Crippen molar-refractivity contribution in [3.8, 4) is 0 Å². The molecule has 0 saturated carbocycles. The summed E-state index contributed by atoms with van der Waals surface area (Å²) in [5.74, 6) is -2.28. The van der Waals surface area contributed by atoms with Gasteiger partial charge in [0.2, 0.25) is 0 Å². The van der Waals surface area contributed by atoms with E-state index in [0.29, 0.717) is 32.1 Å². The van der Waals surface area contributed by atoms with E-state index in [4.69, 9.17) is 37.0 Å². The van der Waals surface area contributed by atoms with Crippen LogP contribution in [0.4, 0.5) is 0 Å². The first-order valence-electron chi connectivity index (χ1n) is 40.1. The van der Waals surface area contributed by atoms with Crippen molar-refractivity contribution in [1.82, 2.24) is 0 Å². The lowest BCUT2D eigenvalue weighted by atomic mass is 10.0. The molecule has 0 heterocycles. The number of unbranched alkanes of at least 4 members (excludes halogenated alkanes) is 31. The fourth-order valence-corrected chi connectivity index (χ4v) is 12.2. The number of hydrogen-bond acceptors (Lipinski definition) is 15. The Kier molecular flexibility index (Phi) is 71.8. The molecule has 0 fully saturated rings. The molecule has 5 unspecified atom stereocenters. The highest BCUT2D eigenvalue weighted by molar-refractivity contribution is 7.47. The van der Waals surface area contributed by atoms with Crippen molar-refractivity contribution in [3.63, 3.8) is 0 Å². The average Bonchev–Trinajstić information content (AvgIpc) is 0.924. The summed E-state index contributed by atoms with van der Waals surface area (Å²) >= 11 is 0. The topological polar surface area (TPSA) is 237 Å². The van der Waals surface area contributed by atoms with Gasteiger partial charge in [-0.1, -0.05) is 298 Å². The molecule has 0 aromatic heterocycles. The number of aliphatic hydroxyl groups excluding tert-OH is 1. The Morgan fingerprint density at radius 1 is 0.284 bits per heavy atom. The van der Waals surface area contributed by atoms with Crippen molar-refractivity contribution < 1.29 is 80.2 Å². The highest BCUT2D eigenvalue weighted by atomic mass is 31.2. The van der Waals surface area contributed by atoms with Crippen LogP contribution in [0.15, 0.2) is 109 Å². The quantitative estimate of drug-likeness (QED) is 0.0169. The van der Waals surface area contributed by atoms with Gasteiger partial charge in [-0.25, -0.2) is 9.13 Å². The lowest BCUT2D eigenvalue weighted by Gasteiger charge is -2.21. The SMILES string of the molecule is CC/C=C\C/C=C\C/C=C\C/C=C\C/C=C\C/C=C\CCC(=O)OCC(COP(=O)(O)OCC(O)COP(=O)(O)OCC(COC(=O)CCCCCCC/C=C\C/C=C\CCCCC)OC(=O)CCCCCCC/C=C\CCCCCC)OC(=O)CCCCCCCCCCCCCCCCC. The third-order valence-corrected chi connectivity index (χ3v) is 18.6. The predicted octanol–water partition coefficient (Wildman–Crippen LogP) is 23.3. The van der Waals surface area contributed by atoms with Crippen LogP contribution in [0.3, 0.4) is 0 Å². The van der Waals surface area contributed by atoms with E-state index in [2.05, 4.69) is 119 Å². The van der Waals surface area contributed by atoms with E-state index >= 15 is 0 Å². The van der Waals surface area contributed by atoms with Gasteiger partial charge in [0, 0.05) is 25.7 Å². The molecule has 5 atom stereocenters. The summed E-state index contributed by atoms with van der Waals surface area (Å²) in [6, 6.07) is 0. The first kappa shape index (κ1) is 97.7. The average molecular weight is 1480 g/mol. The number of hydrogen-bond donors (Lipinski definition) is 3. The lowest BCUT2D eigenvalue weighted by Crippen LogP contribution is -2.30. The van der Waals surface area contributed by atoms with E-state index in [0.717, 1.165) is 141 Å². The molecular weight excluding hydrogens is 1330 g/mol. The van der Waals surface area contributed by atoms with E-state index < -0.39 is 97.5 Å². The molecule has 588 valence electrons. The largest absolute Gasteiger partial charge is 0.472 e. The standard InChI is InChI=1S/C83H144O17P2/c1-5-9-13-17-21-25-29-33-36-37-38-39-42-45-48-52-56-60-64-68-81(86)94-74-79(100-83(88)70-66-62-58-54-50-46-41-35-31-27-23-19-15-11-7-3)76-98-102(91,92)96-72-77(84)71-95-101(89,90)97-75-78(99-82(87)69-65-61-57-53-49-43-32-28-24-20-16-12-8-4)73-93-80(85)67-63-59-55-51-47-44-40-34-30-26-22-18-14-10-6-2/h9,13,21-22,25-26,28,32-34,36,38-40,45,48,56,60,77-79,84H,5-8,10-12,14-20,23-24,27,29-31,35,37,41-44,46-47,49-55,57-59,61-76H2,1-4H3,(H,89,90)(H,91,92)/b13-9-,25-21-,26-22-,32-28-,36-33-,39-38-,40-34-,48-45-,60-56-. The van der Waals surface area contributed by atoms with Crippen LogP contribution in [0.5, 0.6) is 0 Å². The third kappa shape index (κ3) is 74.0. The zero-order valence-corrected chi connectivity index (χ0v) is 66.0. The van der Waals surface area contributed by atoms with Gasteiger partial charge in [-0.05, 0) is 122 Å². The van der Waals surface area contributed by atoms with E-state index in [1.54, 1.807) is 0 Å². The molecule has 3 N–H and O–H groups in total. The van der Waals surface area contributed by atoms with E-state index in [1.807, 2.05) is 18.2 Å². The van der Waals surface area contributed by atoms with Gasteiger partial charge in [-0.15, -0.1) is 0 Å². The van der Waals surface area contributed by atoms with Crippen molar-refractivity contribution >= 4 is 39.5 Å². The Morgan fingerprint density at radius 2 is 0.529 bits per heavy atom. The number of allylic oxidation sites excluding steroid dienone is 18. The normalized spacial score (nSPS) is 14.5. The van der Waals surface area contributed by atoms with Crippen molar-refractivity contribution in [2.75, 3.05) is 39.6 Å². The smallest absolute Gasteiger partial charge is 0.462 e. The number of phosphoric acid groups is 2. The van der Waals surface area contributed by atoms with Gasteiger partial charge in [-0.3, -0.25) is 37.3 Å². The van der Waals surface area contributed by atoms with Gasteiger partial charge in [0.15, 0.2) is 12.2 Å². The monoisotopic (exact) mass is 1470 g/mol. The Balaban J connectivity index is 5.41. The first-order chi connectivity index (χ1) is 49.7. The molecule has 19 heteroatoms. The second-order valence-electron chi connectivity index (χ2n) is 26.6. The molecule has 17 nitrogen and oxygen atoms in total. The van der Waals surface area contributed by atoms with Gasteiger partial charge in [0.05, 0.1) is 26.4 Å². The van der Waals surface area contributed by atoms with Crippen LogP contribution < -0.4 is 0 Å². The number of rotatable bonds is 75. The fourth-order valence-electron chi connectivity index (χ4n) is 10.6. The van der Waals surface area contributed by atoms with Gasteiger partial charge in [0.25, 0.3) is 0 Å². The minimum Gasteiger partial charge on any atom is -0.462 e. The number of carbonyl (C=O) groups is 4. The minimum atomic E-state index is -4.99. The molecule has 0 spiro atoms. The van der Waals surface area contributed by atoms with Crippen molar-refractivity contribution in [3.05, 3.63) is 109 Å². The van der Waals surface area contributed by atoms with Crippen LogP contribution in [0.1, 0.15) is 336 Å². The second kappa shape index (κ2) is 75.0. The van der Waals surface area contributed by atoms with Crippen LogP contribution in [0, 0.1) is 0 Å². The molecule has 0 aliphatic rings. The summed E-state index contributed by atoms with van der Waals surface area (Å²) in [7, 11) is -9.98. The van der Waals surface area contributed by atoms with Gasteiger partial charge < -0.3 is 33.8 Å². The summed E-state index contributed by atoms with van der Waals surface area (Å²) in [5, 5.41) is 10.6. The molecule has 0 saturated heterocycles. The van der Waals surface area contributed by atoms with E-state index in [-0.39, 0.29) is 25.7 Å². The first-order valence-corrected chi connectivity index (χ1v) is 43.1. The van der Waals surface area contributed by atoms with E-state index in [9.17, 15) is 43.2 Å². The Morgan fingerprint density at radius 3 is 0.882 bits per heavy atom. The van der Waals surface area contributed by atoms with Crippen molar-refractivity contribution in [1.29, 1.82) is 0 Å². The van der Waals surface area contributed by atoms with Crippen molar-refractivity contribution in [2.45, 2.75) is 354 Å². The number of ether oxygens (including phenoxy) is 4. The molecule has 0 aliphatic carbocycles. The Bertz CT molecular complexity index is 2360. The summed E-state index contributed by atoms with van der Waals surface area (Å²) in [5.41, 5.74) is 0. The maximum Gasteiger partial charge on any atom is 0.472 e. The number of phosphoric ester groups is 2. The molecular formula is C83H144O17P2. The molecule has 0 rings (SSSR count). The summed E-state index contributed by atoms with van der Waals surface area (Å²) in [6.07, 6.45) is 80.8. The lowest BCUT2D eigenvalue weighted by molar-refractivity contribution is -0.161. The van der Waals surface area contributed by atoms with Gasteiger partial charge in [0.1, 0.15) is 19.3 Å². The number of esters is 4. The van der Waals surface area contributed by atoms with Crippen LogP contribution in [-0.2, 0) is 65.4 Å². The molecule has 0 aliphatic heterocycles. The zero-order valence-electron chi connectivity index (χ0n) is 64.3. The zero-order chi connectivity index (χ0) is 74.6. The fraction of sp³-hybridized carbons (Fsp3) is 0.735. The van der Waals surface area contributed by atoms with Crippen molar-refractivity contribution in [2.24, 2.45) is 0 Å². The molecule has 102 heavy (non-hydrogen) atoms. The number of aliphatic hydroxyl groups is 1. The Labute approximate surface area is 619 Å². The van der Waals surface area contributed by atoms with Crippen LogP contribution in [0.25, 0.3) is 0 Å². The maximum absolute atomic E-state index is 13.1. The predicted molar refractivity (Wildman–Crippen MR) is 418 cm³/mol. The van der Waals surface area contributed by atoms with Crippen LogP contribution >= 0.6 is 15.6 Å². The van der Waals surface area contributed by atoms with E-state index in [1.165, 1.54) is 109 Å². The third-order valence-electron chi connectivity index (χ3n) is 16.7. The molecule has 0 amide bonds. The molecule has 0 aromatic carbocycles. The highest BCUT2D eigenvalue weighted by Gasteiger charge is 2.30. The molecule has 0 aromatic rings. The second-order valence-corrected chi connectivity index (χ2v) is 29.5. The van der Waals surface area contributed by atoms with Crippen LogP contribution in [-0.4, -0.2) is 96.7 Å². The summed E-state index contributed by atoms with van der Waals surface area (Å²) in [4.78, 5) is 73.0. The molecule has 0 bridgehead atoms. The summed E-state index contributed by atoms with van der Waals surface area (Å²) < 4.78 is 68.5. The maximum atomic E-state index is 13.1. The highest BCUT2D eigenvalue weighted by Crippen LogP contribution is 2.45. The van der Waals surface area contributed by atoms with Gasteiger partial charge in [-0.2, -0.15) is 0 Å². The molecule has 0 radical (unpaired) electrons. The Hall–Kier alpha value is -4.28. The minimum absolute atomic E-state index is 0.0370. The number of carbonyl (C=O) groups excluding carboxylic acids is 4. The summed E-state index contributed by atoms with van der Waals surface area (Å²) in [6.45, 7) is 4.65. The van der Waals surface area contributed by atoms with Gasteiger partial charge >= 0.3 is 39.5 Å².